The van der Waals surface area contributed by atoms with Gasteiger partial charge in [0, 0.05) is 24.2 Å². The highest BCUT2D eigenvalue weighted by Crippen LogP contribution is 2.46. The lowest BCUT2D eigenvalue weighted by Gasteiger charge is -2.29. The Morgan fingerprint density at radius 3 is 2.60 bits per heavy atom. The van der Waals surface area contributed by atoms with Crippen LogP contribution in [0.5, 0.6) is 17.2 Å². The smallest absolute Gasteiger partial charge is 0.200 e. The predicted molar refractivity (Wildman–Crippen MR) is 78.0 cm³/mol. The van der Waals surface area contributed by atoms with Crippen LogP contribution < -0.4 is 14.2 Å². The molecule has 4 heteroatoms. The van der Waals surface area contributed by atoms with Crippen molar-refractivity contribution >= 4 is 0 Å². The third-order valence-corrected chi connectivity index (χ3v) is 3.57. The molecule has 1 aliphatic rings. The third kappa shape index (κ3) is 2.70. The van der Waals surface area contributed by atoms with Crippen molar-refractivity contribution in [3.63, 3.8) is 0 Å². The van der Waals surface area contributed by atoms with E-state index in [1.807, 2.05) is 6.92 Å². The summed E-state index contributed by atoms with van der Waals surface area (Å²) in [7, 11) is 3.37. The summed E-state index contributed by atoms with van der Waals surface area (Å²) in [6, 6.07) is 2.06. The number of fused-ring (bicyclic) bond motifs is 1. The molecule has 0 radical (unpaired) electrons. The Balaban J connectivity index is 2.49. The van der Waals surface area contributed by atoms with Gasteiger partial charge in [-0.25, -0.2) is 0 Å². The van der Waals surface area contributed by atoms with Crippen molar-refractivity contribution in [3.05, 3.63) is 17.2 Å². The molecule has 20 heavy (non-hydrogen) atoms. The van der Waals surface area contributed by atoms with E-state index in [9.17, 15) is 0 Å². The van der Waals surface area contributed by atoms with Gasteiger partial charge in [0.1, 0.15) is 5.75 Å². The van der Waals surface area contributed by atoms with E-state index in [0.29, 0.717) is 12.5 Å². The minimum atomic E-state index is -0.185. The van der Waals surface area contributed by atoms with Gasteiger partial charge in [0.2, 0.25) is 0 Å². The van der Waals surface area contributed by atoms with Gasteiger partial charge in [-0.1, -0.05) is 13.8 Å². The zero-order valence-electron chi connectivity index (χ0n) is 13.0. The van der Waals surface area contributed by atoms with Gasteiger partial charge in [-0.05, 0) is 25.3 Å². The van der Waals surface area contributed by atoms with E-state index < -0.39 is 0 Å². The molecule has 1 atom stereocenters. The lowest BCUT2D eigenvalue weighted by Crippen LogP contribution is -2.26. The summed E-state index contributed by atoms with van der Waals surface area (Å²) in [4.78, 5) is 0. The second-order valence-corrected chi connectivity index (χ2v) is 5.21. The van der Waals surface area contributed by atoms with Crippen molar-refractivity contribution in [1.29, 1.82) is 0 Å². The summed E-state index contributed by atoms with van der Waals surface area (Å²) in [6.45, 7) is 6.87. The second-order valence-electron chi connectivity index (χ2n) is 5.21. The molecule has 1 aromatic carbocycles. The van der Waals surface area contributed by atoms with Crippen LogP contribution in [-0.2, 0) is 11.2 Å². The van der Waals surface area contributed by atoms with Gasteiger partial charge < -0.3 is 18.9 Å². The van der Waals surface area contributed by atoms with Crippen LogP contribution in [0.25, 0.3) is 0 Å². The average Bonchev–Trinajstić information content (AvgIpc) is 2.45. The Morgan fingerprint density at radius 2 is 2.05 bits per heavy atom. The number of methoxy groups -OCH3 is 2. The second kappa shape index (κ2) is 6.35. The summed E-state index contributed by atoms with van der Waals surface area (Å²) < 4.78 is 22.7. The highest BCUT2D eigenvalue weighted by molar-refractivity contribution is 5.60. The van der Waals surface area contributed by atoms with Crippen LogP contribution in [0.1, 0.15) is 44.2 Å². The molecular weight excluding hydrogens is 256 g/mol. The third-order valence-electron chi connectivity index (χ3n) is 3.57. The maximum atomic E-state index is 5.98. The van der Waals surface area contributed by atoms with Crippen molar-refractivity contribution in [3.8, 4) is 17.2 Å². The molecular formula is C16H24O4. The van der Waals surface area contributed by atoms with Crippen LogP contribution in [0, 0.1) is 0 Å². The molecule has 0 fully saturated rings. The van der Waals surface area contributed by atoms with Gasteiger partial charge in [-0.15, -0.1) is 0 Å². The van der Waals surface area contributed by atoms with Crippen molar-refractivity contribution < 1.29 is 18.9 Å². The Bertz CT molecular complexity index is 468. The molecule has 0 amide bonds. The summed E-state index contributed by atoms with van der Waals surface area (Å²) >= 11 is 0. The summed E-state index contributed by atoms with van der Waals surface area (Å²) in [6.07, 6.45) is 1.58. The topological polar surface area (TPSA) is 36.9 Å². The molecule has 2 rings (SSSR count). The summed E-state index contributed by atoms with van der Waals surface area (Å²) in [5, 5.41) is 0. The first kappa shape index (κ1) is 15.0. The number of rotatable bonds is 5. The number of ether oxygens (including phenoxy) is 4. The zero-order chi connectivity index (χ0) is 14.7. The normalized spacial score (nSPS) is 17.6. The van der Waals surface area contributed by atoms with Crippen molar-refractivity contribution in [1.82, 2.24) is 0 Å². The highest BCUT2D eigenvalue weighted by atomic mass is 16.7. The van der Waals surface area contributed by atoms with Gasteiger partial charge in [0.25, 0.3) is 0 Å². The fourth-order valence-corrected chi connectivity index (χ4v) is 2.68. The predicted octanol–water partition coefficient (Wildman–Crippen LogP) is 3.51. The monoisotopic (exact) mass is 280 g/mol. The minimum Gasteiger partial charge on any atom is -0.496 e. The molecule has 0 saturated carbocycles. The molecule has 0 spiro atoms. The number of hydrogen-bond donors (Lipinski definition) is 0. The van der Waals surface area contributed by atoms with Gasteiger partial charge in [-0.2, -0.15) is 0 Å². The summed E-state index contributed by atoms with van der Waals surface area (Å²) in [5.41, 5.74) is 2.17. The number of aryl methyl sites for hydroxylation is 1. The largest absolute Gasteiger partial charge is 0.496 e. The van der Waals surface area contributed by atoms with E-state index in [1.165, 1.54) is 0 Å². The van der Waals surface area contributed by atoms with E-state index in [1.54, 1.807) is 14.2 Å². The maximum absolute atomic E-state index is 5.98. The molecule has 1 aliphatic heterocycles. The lowest BCUT2D eigenvalue weighted by molar-refractivity contribution is -0.0872. The molecule has 112 valence electrons. The van der Waals surface area contributed by atoms with Gasteiger partial charge in [0.05, 0.1) is 14.2 Å². The Kier molecular flexibility index (Phi) is 4.76. The molecule has 4 nitrogen and oxygen atoms in total. The van der Waals surface area contributed by atoms with Gasteiger partial charge in [0.15, 0.2) is 17.8 Å². The van der Waals surface area contributed by atoms with Crippen LogP contribution in [0.3, 0.4) is 0 Å². The molecule has 0 saturated heterocycles. The lowest BCUT2D eigenvalue weighted by atomic mass is 9.95. The highest BCUT2D eigenvalue weighted by Gasteiger charge is 2.28. The van der Waals surface area contributed by atoms with Crippen LogP contribution in [0.4, 0.5) is 0 Å². The first-order valence-corrected chi connectivity index (χ1v) is 7.18. The van der Waals surface area contributed by atoms with E-state index >= 15 is 0 Å². The van der Waals surface area contributed by atoms with Gasteiger partial charge >= 0.3 is 0 Å². The van der Waals surface area contributed by atoms with E-state index in [-0.39, 0.29) is 6.29 Å². The fourth-order valence-electron chi connectivity index (χ4n) is 2.68. The number of benzene rings is 1. The van der Waals surface area contributed by atoms with Crippen LogP contribution in [-0.4, -0.2) is 27.1 Å². The van der Waals surface area contributed by atoms with E-state index in [2.05, 4.69) is 19.9 Å². The van der Waals surface area contributed by atoms with Crippen molar-refractivity contribution in [2.24, 2.45) is 0 Å². The molecule has 1 aromatic rings. The molecule has 0 aromatic heterocycles. The van der Waals surface area contributed by atoms with E-state index in [0.717, 1.165) is 41.2 Å². The Morgan fingerprint density at radius 1 is 1.30 bits per heavy atom. The van der Waals surface area contributed by atoms with Crippen LogP contribution >= 0.6 is 0 Å². The van der Waals surface area contributed by atoms with Crippen molar-refractivity contribution in [2.75, 3.05) is 20.8 Å². The zero-order valence-corrected chi connectivity index (χ0v) is 13.0. The average molecular weight is 280 g/mol. The Hall–Kier alpha value is -1.42. The molecule has 0 N–H and O–H groups in total. The van der Waals surface area contributed by atoms with Crippen LogP contribution in [0.15, 0.2) is 6.07 Å². The first-order valence-electron chi connectivity index (χ1n) is 7.18. The standard InChI is InChI=1S/C16H24O4/c1-6-19-13-8-7-11-9-12(17-4)14(10(2)3)16(18-5)15(11)20-13/h9-10,13H,6-8H2,1-5H3. The summed E-state index contributed by atoms with van der Waals surface area (Å²) in [5.74, 6) is 2.75. The maximum Gasteiger partial charge on any atom is 0.200 e. The Labute approximate surface area is 121 Å². The molecule has 1 heterocycles. The van der Waals surface area contributed by atoms with E-state index in [4.69, 9.17) is 18.9 Å². The number of hydrogen-bond acceptors (Lipinski definition) is 4. The molecule has 0 aliphatic carbocycles. The fraction of sp³-hybridized carbons (Fsp3) is 0.625. The molecule has 1 unspecified atom stereocenters. The quantitative estimate of drug-likeness (QED) is 0.827. The van der Waals surface area contributed by atoms with Crippen molar-refractivity contribution in [2.45, 2.75) is 45.8 Å². The molecule has 0 bridgehead atoms. The van der Waals surface area contributed by atoms with Crippen LogP contribution in [0.2, 0.25) is 0 Å². The van der Waals surface area contributed by atoms with Gasteiger partial charge in [-0.3, -0.25) is 0 Å². The first-order chi connectivity index (χ1) is 9.62. The SMILES string of the molecule is CCOC1CCc2cc(OC)c(C(C)C)c(OC)c2O1. The minimum absolute atomic E-state index is 0.185.